The zero-order chi connectivity index (χ0) is 13.2. The molecular formula is C18H22. The molecule has 2 rings (SSSR count). The van der Waals surface area contributed by atoms with Crippen molar-refractivity contribution in [3.63, 3.8) is 0 Å². The molecule has 0 bridgehead atoms. The molecule has 94 valence electrons. The van der Waals surface area contributed by atoms with Crippen LogP contribution in [0.4, 0.5) is 0 Å². The highest BCUT2D eigenvalue weighted by molar-refractivity contribution is 5.49. The van der Waals surface area contributed by atoms with Gasteiger partial charge in [-0.25, -0.2) is 0 Å². The average molecular weight is 238 g/mol. The maximum atomic E-state index is 3.26. The molecule has 0 aromatic carbocycles. The van der Waals surface area contributed by atoms with E-state index in [2.05, 4.69) is 76.0 Å². The standard InChI is InChI=1S/C18H22/c1-17(2)11-7-15(8-12-17)5-6-16-9-13-18(3,4)14-10-16/h7-11,13H,12,14H2,1-4H3. The Balaban J connectivity index is 2.04. The van der Waals surface area contributed by atoms with Crippen molar-refractivity contribution in [3.05, 3.63) is 47.6 Å². The summed E-state index contributed by atoms with van der Waals surface area (Å²) >= 11 is 0. The van der Waals surface area contributed by atoms with Crippen LogP contribution >= 0.6 is 0 Å². The first-order valence-corrected chi connectivity index (χ1v) is 6.67. The molecule has 0 amide bonds. The summed E-state index contributed by atoms with van der Waals surface area (Å²) in [5.74, 6) is 6.52. The van der Waals surface area contributed by atoms with E-state index < -0.39 is 0 Å². The summed E-state index contributed by atoms with van der Waals surface area (Å²) in [6.45, 7) is 8.99. The van der Waals surface area contributed by atoms with Crippen molar-refractivity contribution in [1.82, 2.24) is 0 Å². The summed E-state index contributed by atoms with van der Waals surface area (Å²) in [5.41, 5.74) is 2.88. The van der Waals surface area contributed by atoms with E-state index in [1.807, 2.05) is 0 Å². The van der Waals surface area contributed by atoms with Crippen molar-refractivity contribution in [3.8, 4) is 11.8 Å². The lowest BCUT2D eigenvalue weighted by atomic mass is 9.83. The third-order valence-corrected chi connectivity index (χ3v) is 3.48. The predicted octanol–water partition coefficient (Wildman–Crippen LogP) is 4.81. The van der Waals surface area contributed by atoms with Crippen LogP contribution in [0.2, 0.25) is 0 Å². The molecule has 18 heavy (non-hydrogen) atoms. The molecule has 0 spiro atoms. The third-order valence-electron chi connectivity index (χ3n) is 3.48. The normalized spacial score (nSPS) is 23.8. The van der Waals surface area contributed by atoms with Gasteiger partial charge < -0.3 is 0 Å². The van der Waals surface area contributed by atoms with Gasteiger partial charge in [-0.15, -0.1) is 0 Å². The van der Waals surface area contributed by atoms with Crippen LogP contribution in [-0.4, -0.2) is 0 Å². The number of hydrogen-bond donors (Lipinski definition) is 0. The summed E-state index contributed by atoms with van der Waals surface area (Å²) in [7, 11) is 0. The van der Waals surface area contributed by atoms with Gasteiger partial charge in [-0.05, 0) is 23.7 Å². The topological polar surface area (TPSA) is 0 Å². The van der Waals surface area contributed by atoms with E-state index in [1.54, 1.807) is 0 Å². The third kappa shape index (κ3) is 3.50. The first kappa shape index (κ1) is 13.0. The van der Waals surface area contributed by atoms with E-state index in [9.17, 15) is 0 Å². The number of allylic oxidation sites excluding steroid dienone is 8. The quantitative estimate of drug-likeness (QED) is 0.531. The second-order valence-electron chi connectivity index (χ2n) is 6.62. The summed E-state index contributed by atoms with van der Waals surface area (Å²) in [6.07, 6.45) is 15.4. The largest absolute Gasteiger partial charge is 0.0773 e. The monoisotopic (exact) mass is 238 g/mol. The van der Waals surface area contributed by atoms with E-state index in [0.29, 0.717) is 10.8 Å². The van der Waals surface area contributed by atoms with E-state index in [0.717, 1.165) is 24.0 Å². The van der Waals surface area contributed by atoms with Crippen LogP contribution in [0.25, 0.3) is 0 Å². The zero-order valence-corrected chi connectivity index (χ0v) is 11.9. The van der Waals surface area contributed by atoms with E-state index in [1.165, 1.54) is 0 Å². The van der Waals surface area contributed by atoms with Crippen LogP contribution in [0.3, 0.4) is 0 Å². The van der Waals surface area contributed by atoms with E-state index in [4.69, 9.17) is 0 Å². The predicted molar refractivity (Wildman–Crippen MR) is 79.0 cm³/mol. The zero-order valence-electron chi connectivity index (χ0n) is 11.9. The summed E-state index contributed by atoms with van der Waals surface area (Å²) < 4.78 is 0. The maximum absolute atomic E-state index is 3.26. The van der Waals surface area contributed by atoms with E-state index in [-0.39, 0.29) is 0 Å². The minimum atomic E-state index is 0.291. The van der Waals surface area contributed by atoms with Gasteiger partial charge in [-0.2, -0.15) is 0 Å². The van der Waals surface area contributed by atoms with Gasteiger partial charge in [0.15, 0.2) is 0 Å². The molecule has 0 N–H and O–H groups in total. The Bertz CT molecular complexity index is 462. The van der Waals surface area contributed by atoms with Crippen molar-refractivity contribution in [2.75, 3.05) is 0 Å². The molecule has 0 fully saturated rings. The molecule has 0 aromatic rings. The van der Waals surface area contributed by atoms with Crippen molar-refractivity contribution < 1.29 is 0 Å². The minimum absolute atomic E-state index is 0.291. The fourth-order valence-electron chi connectivity index (χ4n) is 1.98. The molecule has 2 aliphatic rings. The Hall–Kier alpha value is -1.48. The molecule has 2 aliphatic carbocycles. The van der Waals surface area contributed by atoms with Gasteiger partial charge in [0.25, 0.3) is 0 Å². The molecule has 0 aliphatic heterocycles. The van der Waals surface area contributed by atoms with Gasteiger partial charge in [-0.3, -0.25) is 0 Å². The smallest absolute Gasteiger partial charge is 0.0206 e. The highest BCUT2D eigenvalue weighted by Gasteiger charge is 2.16. The summed E-state index contributed by atoms with van der Waals surface area (Å²) in [4.78, 5) is 0. The van der Waals surface area contributed by atoms with Gasteiger partial charge in [-0.1, -0.05) is 76.0 Å². The summed E-state index contributed by atoms with van der Waals surface area (Å²) in [6, 6.07) is 0. The maximum Gasteiger partial charge on any atom is 0.0206 e. The number of rotatable bonds is 0. The highest BCUT2D eigenvalue weighted by atomic mass is 14.2. The SMILES string of the molecule is CC1(C)C=CC(C#CC2=CCC(C)(C)C=C2)=CC1. The second-order valence-corrected chi connectivity index (χ2v) is 6.62. The summed E-state index contributed by atoms with van der Waals surface area (Å²) in [5, 5.41) is 0. The fraction of sp³-hybridized carbons (Fsp3) is 0.444. The lowest BCUT2D eigenvalue weighted by Crippen LogP contribution is -2.09. The van der Waals surface area contributed by atoms with Gasteiger partial charge in [0.1, 0.15) is 0 Å². The average Bonchev–Trinajstić information content (AvgIpc) is 2.29. The van der Waals surface area contributed by atoms with Crippen molar-refractivity contribution in [1.29, 1.82) is 0 Å². The van der Waals surface area contributed by atoms with Gasteiger partial charge in [0, 0.05) is 11.1 Å². The van der Waals surface area contributed by atoms with Crippen LogP contribution in [0.1, 0.15) is 40.5 Å². The highest BCUT2D eigenvalue weighted by Crippen LogP contribution is 2.29. The van der Waals surface area contributed by atoms with Crippen LogP contribution in [0, 0.1) is 22.7 Å². The Morgan fingerprint density at radius 2 is 1.17 bits per heavy atom. The van der Waals surface area contributed by atoms with Crippen molar-refractivity contribution in [2.24, 2.45) is 10.8 Å². The van der Waals surface area contributed by atoms with Crippen molar-refractivity contribution in [2.45, 2.75) is 40.5 Å². The lowest BCUT2D eigenvalue weighted by molar-refractivity contribution is 0.482. The Labute approximate surface area is 111 Å². The molecule has 0 aromatic heterocycles. The molecule has 0 radical (unpaired) electrons. The number of hydrogen-bond acceptors (Lipinski definition) is 0. The van der Waals surface area contributed by atoms with Crippen LogP contribution in [0.15, 0.2) is 47.6 Å². The van der Waals surface area contributed by atoms with E-state index >= 15 is 0 Å². The second kappa shape index (κ2) is 4.65. The molecule has 0 saturated heterocycles. The van der Waals surface area contributed by atoms with Crippen LogP contribution in [-0.2, 0) is 0 Å². The first-order chi connectivity index (χ1) is 8.36. The van der Waals surface area contributed by atoms with Crippen LogP contribution < -0.4 is 0 Å². The molecule has 0 heterocycles. The fourth-order valence-corrected chi connectivity index (χ4v) is 1.98. The van der Waals surface area contributed by atoms with Crippen molar-refractivity contribution >= 4 is 0 Å². The molecule has 0 nitrogen and oxygen atoms in total. The lowest BCUT2D eigenvalue weighted by Gasteiger charge is -2.21. The van der Waals surface area contributed by atoms with Gasteiger partial charge >= 0.3 is 0 Å². The Morgan fingerprint density at radius 3 is 1.44 bits per heavy atom. The molecule has 0 saturated carbocycles. The first-order valence-electron chi connectivity index (χ1n) is 6.67. The van der Waals surface area contributed by atoms with Gasteiger partial charge in [0.05, 0.1) is 0 Å². The Kier molecular flexibility index (Phi) is 3.35. The van der Waals surface area contributed by atoms with Gasteiger partial charge in [0.2, 0.25) is 0 Å². The molecule has 0 heteroatoms. The molecule has 0 unspecified atom stereocenters. The molecule has 0 atom stereocenters. The minimum Gasteiger partial charge on any atom is -0.0773 e. The molecular weight excluding hydrogens is 216 g/mol. The Morgan fingerprint density at radius 1 is 0.778 bits per heavy atom. The van der Waals surface area contributed by atoms with Crippen LogP contribution in [0.5, 0.6) is 0 Å².